The third kappa shape index (κ3) is 3.38. The minimum absolute atomic E-state index is 0.0958. The molecule has 8 heteroatoms. The largest absolute Gasteiger partial charge is 0.456 e. The molecule has 2 N–H and O–H groups in total. The standard InChI is InChI=1S/C12H14BrNO5S/c1-7-10(13)4-8(5-11(7)20(14,16)17)12(15)19-9-2-3-18-6-9/h4-5,9H,2-3,6H2,1H3,(H2,14,16,17). The fraction of sp³-hybridized carbons (Fsp3) is 0.417. The predicted octanol–water partition coefficient (Wildman–Crippen LogP) is 1.35. The summed E-state index contributed by atoms with van der Waals surface area (Å²) < 4.78 is 33.9. The number of hydrogen-bond donors (Lipinski definition) is 1. The van der Waals surface area contributed by atoms with Crippen molar-refractivity contribution in [1.82, 2.24) is 0 Å². The summed E-state index contributed by atoms with van der Waals surface area (Å²) in [5.41, 5.74) is 0.589. The van der Waals surface area contributed by atoms with Gasteiger partial charge < -0.3 is 9.47 Å². The molecule has 2 rings (SSSR count). The van der Waals surface area contributed by atoms with Crippen LogP contribution in [-0.4, -0.2) is 33.7 Å². The van der Waals surface area contributed by atoms with Crippen LogP contribution in [0.1, 0.15) is 22.3 Å². The number of benzene rings is 1. The van der Waals surface area contributed by atoms with Crippen LogP contribution in [0, 0.1) is 6.92 Å². The van der Waals surface area contributed by atoms with E-state index in [1.807, 2.05) is 0 Å². The van der Waals surface area contributed by atoms with E-state index in [1.54, 1.807) is 6.92 Å². The second-order valence-corrected chi connectivity index (χ2v) is 6.90. The highest BCUT2D eigenvalue weighted by atomic mass is 79.9. The van der Waals surface area contributed by atoms with Gasteiger partial charge in [0.05, 0.1) is 23.7 Å². The highest BCUT2D eigenvalue weighted by Gasteiger charge is 2.23. The molecule has 1 unspecified atom stereocenters. The Morgan fingerprint density at radius 1 is 1.50 bits per heavy atom. The van der Waals surface area contributed by atoms with Gasteiger partial charge in [0.2, 0.25) is 10.0 Å². The van der Waals surface area contributed by atoms with Crippen molar-refractivity contribution in [2.45, 2.75) is 24.3 Å². The SMILES string of the molecule is Cc1c(Br)cc(C(=O)OC2CCOC2)cc1S(N)(=O)=O. The molecule has 0 aliphatic carbocycles. The first kappa shape index (κ1) is 15.4. The van der Waals surface area contributed by atoms with Gasteiger partial charge in [-0.3, -0.25) is 0 Å². The third-order valence-corrected chi connectivity index (χ3v) is 4.86. The molecule has 110 valence electrons. The Labute approximate surface area is 125 Å². The molecule has 0 spiro atoms. The van der Waals surface area contributed by atoms with Gasteiger partial charge in [0, 0.05) is 10.9 Å². The van der Waals surface area contributed by atoms with E-state index in [1.165, 1.54) is 12.1 Å². The number of hydrogen-bond acceptors (Lipinski definition) is 5. The Hall–Kier alpha value is -0.960. The summed E-state index contributed by atoms with van der Waals surface area (Å²) in [6.45, 7) is 2.52. The van der Waals surface area contributed by atoms with Crippen LogP contribution in [0.3, 0.4) is 0 Å². The Balaban J connectivity index is 2.32. The minimum atomic E-state index is -3.90. The van der Waals surface area contributed by atoms with Crippen LogP contribution in [0.2, 0.25) is 0 Å². The van der Waals surface area contributed by atoms with Crippen LogP contribution in [0.15, 0.2) is 21.5 Å². The average molecular weight is 364 g/mol. The van der Waals surface area contributed by atoms with E-state index in [0.717, 1.165) is 0 Å². The summed E-state index contributed by atoms with van der Waals surface area (Å²) in [6, 6.07) is 2.75. The minimum Gasteiger partial charge on any atom is -0.456 e. The smallest absolute Gasteiger partial charge is 0.338 e. The predicted molar refractivity (Wildman–Crippen MR) is 74.9 cm³/mol. The maximum Gasteiger partial charge on any atom is 0.338 e. The number of nitrogens with two attached hydrogens (primary N) is 1. The zero-order chi connectivity index (χ0) is 14.9. The van der Waals surface area contributed by atoms with E-state index in [0.29, 0.717) is 29.7 Å². The van der Waals surface area contributed by atoms with E-state index in [-0.39, 0.29) is 16.6 Å². The van der Waals surface area contributed by atoms with E-state index in [9.17, 15) is 13.2 Å². The molecule has 1 atom stereocenters. The van der Waals surface area contributed by atoms with Crippen LogP contribution >= 0.6 is 15.9 Å². The molecule has 1 fully saturated rings. The molecule has 0 bridgehead atoms. The van der Waals surface area contributed by atoms with E-state index >= 15 is 0 Å². The second kappa shape index (κ2) is 5.80. The van der Waals surface area contributed by atoms with Gasteiger partial charge >= 0.3 is 5.97 Å². The fourth-order valence-electron chi connectivity index (χ4n) is 1.89. The molecule has 1 aliphatic rings. The van der Waals surface area contributed by atoms with Crippen molar-refractivity contribution in [3.63, 3.8) is 0 Å². The summed E-state index contributed by atoms with van der Waals surface area (Å²) in [5.74, 6) is -0.592. The summed E-state index contributed by atoms with van der Waals surface area (Å²) in [7, 11) is -3.90. The maximum atomic E-state index is 12.0. The Kier molecular flexibility index (Phi) is 4.48. The van der Waals surface area contributed by atoms with Crippen molar-refractivity contribution in [3.05, 3.63) is 27.7 Å². The number of rotatable bonds is 3. The van der Waals surface area contributed by atoms with Gasteiger partial charge in [-0.25, -0.2) is 18.4 Å². The molecule has 0 radical (unpaired) electrons. The molecule has 0 amide bonds. The van der Waals surface area contributed by atoms with Crippen LogP contribution < -0.4 is 5.14 Å². The van der Waals surface area contributed by atoms with Gasteiger partial charge in [0.15, 0.2) is 0 Å². The van der Waals surface area contributed by atoms with Crippen molar-refractivity contribution in [3.8, 4) is 0 Å². The van der Waals surface area contributed by atoms with Crippen LogP contribution in [0.5, 0.6) is 0 Å². The lowest BCUT2D eigenvalue weighted by atomic mass is 10.1. The molecule has 20 heavy (non-hydrogen) atoms. The molecule has 1 saturated heterocycles. The summed E-state index contributed by atoms with van der Waals surface area (Å²) in [4.78, 5) is 11.9. The van der Waals surface area contributed by atoms with Crippen molar-refractivity contribution in [1.29, 1.82) is 0 Å². The Bertz CT molecular complexity index is 637. The molecule has 1 aromatic rings. The normalized spacial score (nSPS) is 19.1. The second-order valence-electron chi connectivity index (χ2n) is 4.52. The monoisotopic (exact) mass is 363 g/mol. The average Bonchev–Trinajstić information content (AvgIpc) is 2.83. The first-order valence-corrected chi connectivity index (χ1v) is 8.24. The zero-order valence-electron chi connectivity index (χ0n) is 10.8. The highest BCUT2D eigenvalue weighted by Crippen LogP contribution is 2.26. The molecule has 1 aliphatic heterocycles. The Morgan fingerprint density at radius 2 is 2.20 bits per heavy atom. The zero-order valence-corrected chi connectivity index (χ0v) is 13.2. The van der Waals surface area contributed by atoms with E-state index < -0.39 is 16.0 Å². The van der Waals surface area contributed by atoms with E-state index in [4.69, 9.17) is 14.6 Å². The molecular weight excluding hydrogens is 350 g/mol. The fourth-order valence-corrected chi connectivity index (χ4v) is 3.31. The van der Waals surface area contributed by atoms with E-state index in [2.05, 4.69) is 15.9 Å². The topological polar surface area (TPSA) is 95.7 Å². The van der Waals surface area contributed by atoms with Gasteiger partial charge in [-0.2, -0.15) is 0 Å². The van der Waals surface area contributed by atoms with Gasteiger partial charge in [-0.05, 0) is 24.6 Å². The quantitative estimate of drug-likeness (QED) is 0.817. The third-order valence-electron chi connectivity index (χ3n) is 3.00. The number of sulfonamides is 1. The number of carbonyl (C=O) groups is 1. The number of halogens is 1. The maximum absolute atomic E-state index is 12.0. The van der Waals surface area contributed by atoms with Gasteiger partial charge in [-0.15, -0.1) is 0 Å². The molecule has 1 heterocycles. The molecule has 0 aromatic heterocycles. The van der Waals surface area contributed by atoms with Crippen molar-refractivity contribution in [2.75, 3.05) is 13.2 Å². The van der Waals surface area contributed by atoms with Crippen molar-refractivity contribution < 1.29 is 22.7 Å². The molecule has 0 saturated carbocycles. The van der Waals surface area contributed by atoms with Gasteiger partial charge in [0.25, 0.3) is 0 Å². The number of carbonyl (C=O) groups excluding carboxylic acids is 1. The van der Waals surface area contributed by atoms with Crippen molar-refractivity contribution >= 4 is 31.9 Å². The lowest BCUT2D eigenvalue weighted by molar-refractivity contribution is 0.0270. The molecular formula is C12H14BrNO5S. The number of primary sulfonamides is 1. The van der Waals surface area contributed by atoms with Crippen LogP contribution in [0.4, 0.5) is 0 Å². The summed E-state index contributed by atoms with van der Waals surface area (Å²) >= 11 is 3.22. The summed E-state index contributed by atoms with van der Waals surface area (Å²) in [5, 5.41) is 5.14. The van der Waals surface area contributed by atoms with Gasteiger partial charge in [0.1, 0.15) is 6.10 Å². The highest BCUT2D eigenvalue weighted by molar-refractivity contribution is 9.10. The van der Waals surface area contributed by atoms with Crippen LogP contribution in [0.25, 0.3) is 0 Å². The van der Waals surface area contributed by atoms with Crippen LogP contribution in [-0.2, 0) is 19.5 Å². The number of esters is 1. The lowest BCUT2D eigenvalue weighted by Crippen LogP contribution is -2.19. The van der Waals surface area contributed by atoms with Crippen molar-refractivity contribution in [2.24, 2.45) is 5.14 Å². The number of ether oxygens (including phenoxy) is 2. The molecule has 1 aromatic carbocycles. The summed E-state index contributed by atoms with van der Waals surface area (Å²) in [6.07, 6.45) is 0.349. The first-order chi connectivity index (χ1) is 9.29. The molecule has 6 nitrogen and oxygen atoms in total. The Morgan fingerprint density at radius 3 is 2.75 bits per heavy atom. The van der Waals surface area contributed by atoms with Gasteiger partial charge in [-0.1, -0.05) is 15.9 Å². The lowest BCUT2D eigenvalue weighted by Gasteiger charge is -2.12. The first-order valence-electron chi connectivity index (χ1n) is 5.90.